The van der Waals surface area contributed by atoms with Crippen molar-refractivity contribution in [3.05, 3.63) is 61.6 Å². The van der Waals surface area contributed by atoms with Gasteiger partial charge in [0.2, 0.25) is 0 Å². The van der Waals surface area contributed by atoms with Gasteiger partial charge in [-0.3, -0.25) is 0 Å². The standard InChI is InChI=1S/C14H25N3.C14H19N3.Cu.H2NO3/c2*15-14-11-6-2-1-5-10(11)9-13(17-14)12-7-3-4-8-16-12;;2-1(3)4/h10-14H,1-9,15H2;1-2,6,9,12-14H,3-5,7-8,15H2;;(H2,2,3,4)/q2*-2;+2;+1. The minimum atomic E-state index is -1.25. The molecule has 4 heterocycles. The molecule has 1 radical (unpaired) electrons. The Hall–Kier alpha value is -1.30. The number of rotatable bonds is 2. The normalized spacial score (nSPS) is 37.5. The van der Waals surface area contributed by atoms with Gasteiger partial charge >= 0.3 is 22.2 Å². The van der Waals surface area contributed by atoms with E-state index in [2.05, 4.69) is 24.3 Å². The SMILES string of the molecule is NC1[N-]C(C2CCCC[N-]2)C=C2CC=CC=C21.NC1[N-]C(C2CCCC[N-]2)CC2CCCCC21.O=[N+](O)O.[Cu+2]. The van der Waals surface area contributed by atoms with Crippen molar-refractivity contribution in [3.63, 3.8) is 0 Å². The smallest absolute Gasteiger partial charge is 0.661 e. The van der Waals surface area contributed by atoms with Crippen molar-refractivity contribution in [2.75, 3.05) is 13.1 Å². The number of allylic oxidation sites excluding steroid dienone is 3. The number of hydrogen-bond donors (Lipinski definition) is 4. The van der Waals surface area contributed by atoms with E-state index in [4.69, 9.17) is 48.1 Å². The molecule has 4 aliphatic heterocycles. The van der Waals surface area contributed by atoms with E-state index >= 15 is 0 Å². The Bertz CT molecular complexity index is 854. The largest absolute Gasteiger partial charge is 2.00 e. The third-order valence-corrected chi connectivity index (χ3v) is 8.84. The summed E-state index contributed by atoms with van der Waals surface area (Å²) >= 11 is 0. The van der Waals surface area contributed by atoms with E-state index in [9.17, 15) is 0 Å². The van der Waals surface area contributed by atoms with Crippen LogP contribution in [0.2, 0.25) is 0 Å². The second kappa shape index (κ2) is 16.2. The number of nitrogens with two attached hydrogens (primary N) is 2. The van der Waals surface area contributed by atoms with Gasteiger partial charge in [-0.1, -0.05) is 107 Å². The Kier molecular flexibility index (Phi) is 13.4. The van der Waals surface area contributed by atoms with Crippen LogP contribution < -0.4 is 11.5 Å². The first-order valence-corrected chi connectivity index (χ1v) is 14.6. The average molecular weight is 592 g/mol. The summed E-state index contributed by atoms with van der Waals surface area (Å²) in [6.07, 6.45) is 23.9. The molecule has 0 aromatic carbocycles. The summed E-state index contributed by atoms with van der Waals surface area (Å²) in [4.78, 5) is 8.47. The maximum atomic E-state index is 8.47. The second-order valence-electron chi connectivity index (χ2n) is 11.4. The Labute approximate surface area is 243 Å². The molecular formula is C28H46CuN7O3-. The van der Waals surface area contributed by atoms with Crippen LogP contribution in [0.15, 0.2) is 35.5 Å². The minimum Gasteiger partial charge on any atom is -0.661 e. The zero-order valence-corrected chi connectivity index (χ0v) is 23.8. The van der Waals surface area contributed by atoms with Crippen molar-refractivity contribution >= 4 is 0 Å². The molecule has 0 amide bonds. The van der Waals surface area contributed by atoms with Crippen molar-refractivity contribution in [1.82, 2.24) is 0 Å². The maximum Gasteiger partial charge on any atom is 2.00 e. The van der Waals surface area contributed by atoms with Crippen LogP contribution in [0.1, 0.15) is 77.0 Å². The van der Waals surface area contributed by atoms with E-state index in [0.717, 1.165) is 25.4 Å². The van der Waals surface area contributed by atoms with Crippen LogP contribution in [0.3, 0.4) is 0 Å². The Balaban J connectivity index is 0.000000186. The van der Waals surface area contributed by atoms with Crippen molar-refractivity contribution in [2.45, 2.75) is 114 Å². The quantitative estimate of drug-likeness (QED) is 0.246. The number of nitrogens with zero attached hydrogens (tertiary/aromatic N) is 5. The molecule has 1 saturated carbocycles. The number of fused-ring (bicyclic) bond motifs is 2. The van der Waals surface area contributed by atoms with Crippen LogP contribution in [-0.4, -0.2) is 65.1 Å². The van der Waals surface area contributed by atoms with Crippen LogP contribution in [0, 0.1) is 16.7 Å². The molecule has 6 N–H and O–H groups in total. The average Bonchev–Trinajstić information content (AvgIpc) is 2.94. The number of hydrogen-bond acceptors (Lipinski definition) is 3. The molecule has 0 aromatic rings. The summed E-state index contributed by atoms with van der Waals surface area (Å²) in [5.41, 5.74) is 15.0. The molecule has 39 heavy (non-hydrogen) atoms. The molecule has 6 aliphatic rings. The summed E-state index contributed by atoms with van der Waals surface area (Å²) in [5, 5.41) is 31.6. The number of piperidine rings is 3. The molecule has 2 aliphatic carbocycles. The predicted molar refractivity (Wildman–Crippen MR) is 149 cm³/mol. The van der Waals surface area contributed by atoms with Crippen LogP contribution in [-0.2, 0) is 17.1 Å². The fourth-order valence-corrected chi connectivity index (χ4v) is 6.93. The van der Waals surface area contributed by atoms with Gasteiger partial charge in [-0.05, 0) is 29.4 Å². The van der Waals surface area contributed by atoms with Crippen molar-refractivity contribution in [3.8, 4) is 0 Å². The van der Waals surface area contributed by atoms with E-state index in [1.54, 1.807) is 0 Å². The molecule has 6 rings (SSSR count). The minimum absolute atomic E-state index is 0. The van der Waals surface area contributed by atoms with Gasteiger partial charge in [-0.15, -0.1) is 25.2 Å². The van der Waals surface area contributed by atoms with E-state index in [-0.39, 0.29) is 35.4 Å². The summed E-state index contributed by atoms with van der Waals surface area (Å²) in [6, 6.07) is 1.53. The fourth-order valence-electron chi connectivity index (χ4n) is 6.93. The van der Waals surface area contributed by atoms with E-state index < -0.39 is 5.09 Å². The molecule has 0 aromatic heterocycles. The van der Waals surface area contributed by atoms with Crippen molar-refractivity contribution < 1.29 is 32.6 Å². The first-order valence-electron chi connectivity index (χ1n) is 14.6. The molecule has 3 saturated heterocycles. The maximum absolute atomic E-state index is 8.47. The van der Waals surface area contributed by atoms with E-state index in [1.807, 2.05) is 0 Å². The first-order chi connectivity index (χ1) is 18.4. The Morgan fingerprint density at radius 3 is 2.15 bits per heavy atom. The summed E-state index contributed by atoms with van der Waals surface area (Å²) < 4.78 is 0. The zero-order valence-electron chi connectivity index (χ0n) is 22.8. The van der Waals surface area contributed by atoms with E-state index in [0.29, 0.717) is 24.0 Å². The molecule has 223 valence electrons. The molecule has 8 atom stereocenters. The van der Waals surface area contributed by atoms with Crippen molar-refractivity contribution in [2.24, 2.45) is 23.3 Å². The van der Waals surface area contributed by atoms with Gasteiger partial charge in [0.25, 0.3) is 0 Å². The molecular weight excluding hydrogens is 546 g/mol. The topological polar surface area (TPSA) is 169 Å². The molecule has 0 bridgehead atoms. The monoisotopic (exact) mass is 591 g/mol. The summed E-state index contributed by atoms with van der Waals surface area (Å²) in [6.45, 7) is 2.05. The summed E-state index contributed by atoms with van der Waals surface area (Å²) in [7, 11) is 0. The van der Waals surface area contributed by atoms with E-state index in [1.165, 1.54) is 81.8 Å². The molecule has 4 fully saturated rings. The third kappa shape index (κ3) is 9.36. The molecule has 0 spiro atoms. The van der Waals surface area contributed by atoms with Gasteiger partial charge in [-0.2, -0.15) is 12.1 Å². The van der Waals surface area contributed by atoms with Crippen LogP contribution in [0.4, 0.5) is 0 Å². The van der Waals surface area contributed by atoms with Gasteiger partial charge in [0.1, 0.15) is 4.91 Å². The van der Waals surface area contributed by atoms with Crippen LogP contribution in [0.5, 0.6) is 0 Å². The predicted octanol–water partition coefficient (Wildman–Crippen LogP) is 5.46. The fraction of sp³-hybridized carbons (Fsp3) is 0.786. The Morgan fingerprint density at radius 2 is 1.49 bits per heavy atom. The van der Waals surface area contributed by atoms with Gasteiger partial charge in [0.15, 0.2) is 0 Å². The first kappa shape index (κ1) is 32.2. The van der Waals surface area contributed by atoms with Crippen molar-refractivity contribution in [1.29, 1.82) is 0 Å². The summed E-state index contributed by atoms with van der Waals surface area (Å²) in [5.74, 6) is 1.53. The zero-order chi connectivity index (χ0) is 26.9. The van der Waals surface area contributed by atoms with Crippen LogP contribution >= 0.6 is 0 Å². The van der Waals surface area contributed by atoms with Gasteiger partial charge in [0, 0.05) is 0 Å². The molecule has 11 heteroatoms. The van der Waals surface area contributed by atoms with Gasteiger partial charge in [0.05, 0.1) is 0 Å². The van der Waals surface area contributed by atoms with Gasteiger partial charge < -0.3 is 32.7 Å². The molecule has 10 nitrogen and oxygen atoms in total. The Morgan fingerprint density at radius 1 is 0.846 bits per heavy atom. The third-order valence-electron chi connectivity index (χ3n) is 8.84. The van der Waals surface area contributed by atoms with Gasteiger partial charge in [-0.25, -0.2) is 10.4 Å². The molecule has 8 unspecified atom stereocenters. The second-order valence-corrected chi connectivity index (χ2v) is 11.4. The van der Waals surface area contributed by atoms with Crippen LogP contribution in [0.25, 0.3) is 21.3 Å².